The highest BCUT2D eigenvalue weighted by Crippen LogP contribution is 2.34. The van der Waals surface area contributed by atoms with Crippen LogP contribution in [-0.2, 0) is 46.2 Å². The Bertz CT molecular complexity index is 1760. The second-order valence-corrected chi connectivity index (χ2v) is 17.1. The van der Waals surface area contributed by atoms with Gasteiger partial charge in [0.25, 0.3) is 5.91 Å². The first-order valence-corrected chi connectivity index (χ1v) is 18.3. The summed E-state index contributed by atoms with van der Waals surface area (Å²) in [5.74, 6) is -5.05. The van der Waals surface area contributed by atoms with Crippen LogP contribution in [-0.4, -0.2) is 81.1 Å². The molecule has 0 aliphatic rings. The number of phenolic OH excluding ortho intramolecular Hbond substituents is 1. The first-order chi connectivity index (χ1) is 25.5. The van der Waals surface area contributed by atoms with E-state index < -0.39 is 76.5 Å². The van der Waals surface area contributed by atoms with Gasteiger partial charge in [0.2, 0.25) is 0 Å². The average Bonchev–Trinajstić information content (AvgIpc) is 2.99. The summed E-state index contributed by atoms with van der Waals surface area (Å²) < 4.78 is 27.6. The van der Waals surface area contributed by atoms with Crippen molar-refractivity contribution in [2.24, 2.45) is 0 Å². The first-order valence-electron chi connectivity index (χ1n) is 18.3. The molecule has 310 valence electrons. The number of carboxylic acid groups (broad SMARTS) is 1. The van der Waals surface area contributed by atoms with Crippen molar-refractivity contribution in [3.63, 3.8) is 0 Å². The summed E-state index contributed by atoms with van der Waals surface area (Å²) in [6.07, 6.45) is -1.16. The number of hydrogen-bond donors (Lipinski definition) is 4. The molecular formula is C41H58N2O13. The van der Waals surface area contributed by atoms with E-state index in [1.54, 1.807) is 83.1 Å². The van der Waals surface area contributed by atoms with E-state index in [-0.39, 0.29) is 54.7 Å². The van der Waals surface area contributed by atoms with E-state index in [4.69, 9.17) is 23.7 Å². The molecule has 0 radical (unpaired) electrons. The van der Waals surface area contributed by atoms with Gasteiger partial charge >= 0.3 is 30.0 Å². The average molecular weight is 787 g/mol. The van der Waals surface area contributed by atoms with Gasteiger partial charge in [-0.2, -0.15) is 0 Å². The maximum Gasteiger partial charge on any atom is 0.412 e. The molecule has 2 aromatic carbocycles. The highest BCUT2D eigenvalue weighted by molar-refractivity contribution is 6.02. The van der Waals surface area contributed by atoms with E-state index in [1.165, 1.54) is 30.3 Å². The third kappa shape index (κ3) is 17.0. The van der Waals surface area contributed by atoms with Gasteiger partial charge in [-0.15, -0.1) is 0 Å². The van der Waals surface area contributed by atoms with Crippen molar-refractivity contribution in [1.82, 2.24) is 5.32 Å². The number of aromatic hydroxyl groups is 1. The third-order valence-electron chi connectivity index (χ3n) is 7.07. The Hall–Kier alpha value is -5.34. The fourth-order valence-corrected chi connectivity index (χ4v) is 5.14. The monoisotopic (exact) mass is 786 g/mol. The molecule has 0 aromatic heterocycles. The van der Waals surface area contributed by atoms with Crippen LogP contribution in [0.1, 0.15) is 134 Å². The van der Waals surface area contributed by atoms with Crippen LogP contribution < -0.4 is 15.4 Å². The summed E-state index contributed by atoms with van der Waals surface area (Å²) >= 11 is 0. The summed E-state index contributed by atoms with van der Waals surface area (Å²) in [6.45, 7) is 20.0. The minimum absolute atomic E-state index is 0.00929. The number of anilines is 1. The predicted molar refractivity (Wildman–Crippen MR) is 207 cm³/mol. The number of carboxylic acids is 1. The molecule has 0 aliphatic carbocycles. The molecule has 56 heavy (non-hydrogen) atoms. The van der Waals surface area contributed by atoms with E-state index in [9.17, 15) is 39.0 Å². The molecule has 0 aliphatic heterocycles. The zero-order valence-corrected chi connectivity index (χ0v) is 34.6. The van der Waals surface area contributed by atoms with Crippen molar-refractivity contribution in [2.45, 2.75) is 144 Å². The van der Waals surface area contributed by atoms with E-state index >= 15 is 0 Å². The second-order valence-electron chi connectivity index (χ2n) is 17.1. The van der Waals surface area contributed by atoms with Crippen LogP contribution in [0.5, 0.6) is 11.5 Å². The third-order valence-corrected chi connectivity index (χ3v) is 7.07. The number of aryl methyl sites for hydroxylation is 2. The lowest BCUT2D eigenvalue weighted by molar-refractivity contribution is -0.164. The Morgan fingerprint density at radius 2 is 1.27 bits per heavy atom. The normalized spacial score (nSPS) is 12.5. The maximum absolute atomic E-state index is 14.2. The van der Waals surface area contributed by atoms with Crippen molar-refractivity contribution in [1.29, 1.82) is 0 Å². The highest BCUT2D eigenvalue weighted by Gasteiger charge is 2.33. The quantitative estimate of drug-likeness (QED) is 0.0823. The Morgan fingerprint density at radius 1 is 0.696 bits per heavy atom. The van der Waals surface area contributed by atoms with Gasteiger partial charge in [0.15, 0.2) is 11.5 Å². The molecule has 2 rings (SSSR count). The number of carbonyl (C=O) groups is 6. The standard InChI is InChI=1S/C41H58N2O13/c1-38(2,3)53-30(45)20-16-24-15-19-29(44)33(32(24)34(47)43-28(36(50)55-40(7,8)9)23-31(46)54-39(4,5)6)52-21-13-14-25-22-26(17-18-27(25)35(48)49)42-37(51)56-41(10,11)12/h15,17-19,22,28,44H,13-14,16,20-21,23H2,1-12H3,(H,42,51)(H,43,47)(H,48,49). The number of amides is 2. The van der Waals surface area contributed by atoms with Crippen molar-refractivity contribution in [2.75, 3.05) is 11.9 Å². The van der Waals surface area contributed by atoms with Crippen LogP contribution >= 0.6 is 0 Å². The predicted octanol–water partition coefficient (Wildman–Crippen LogP) is 6.90. The maximum atomic E-state index is 14.2. The molecule has 2 amide bonds. The van der Waals surface area contributed by atoms with Gasteiger partial charge in [-0.3, -0.25) is 19.7 Å². The van der Waals surface area contributed by atoms with Crippen molar-refractivity contribution in [3.05, 3.63) is 52.6 Å². The zero-order chi connectivity index (χ0) is 42.8. The lowest BCUT2D eigenvalue weighted by atomic mass is 9.99. The van der Waals surface area contributed by atoms with E-state index in [0.29, 0.717) is 11.3 Å². The largest absolute Gasteiger partial charge is 0.504 e. The second kappa shape index (κ2) is 19.0. The van der Waals surface area contributed by atoms with Crippen molar-refractivity contribution in [3.8, 4) is 11.5 Å². The van der Waals surface area contributed by atoms with E-state index in [2.05, 4.69) is 10.6 Å². The summed E-state index contributed by atoms with van der Waals surface area (Å²) in [7, 11) is 0. The fourth-order valence-electron chi connectivity index (χ4n) is 5.14. The molecule has 1 atom stereocenters. The molecule has 1 unspecified atom stereocenters. The Kier molecular flexibility index (Phi) is 15.9. The minimum atomic E-state index is -1.51. The van der Waals surface area contributed by atoms with Crippen LogP contribution in [0, 0.1) is 0 Å². The van der Waals surface area contributed by atoms with Crippen molar-refractivity contribution >= 4 is 41.6 Å². The summed E-state index contributed by atoms with van der Waals surface area (Å²) in [5, 5.41) is 26.0. The number of rotatable bonds is 15. The molecule has 0 heterocycles. The number of esters is 3. The van der Waals surface area contributed by atoms with Gasteiger partial charge in [0.1, 0.15) is 28.4 Å². The van der Waals surface area contributed by atoms with Gasteiger partial charge in [0.05, 0.1) is 24.2 Å². The number of nitrogens with one attached hydrogen (secondary N) is 2. The number of phenols is 1. The number of aromatic carboxylic acids is 1. The highest BCUT2D eigenvalue weighted by atomic mass is 16.6. The van der Waals surface area contributed by atoms with Crippen LogP contribution in [0.3, 0.4) is 0 Å². The molecule has 0 saturated heterocycles. The van der Waals surface area contributed by atoms with Crippen LogP contribution in [0.2, 0.25) is 0 Å². The summed E-state index contributed by atoms with van der Waals surface area (Å²) in [5.41, 5.74) is -2.67. The van der Waals surface area contributed by atoms with E-state index in [0.717, 1.165) is 0 Å². The van der Waals surface area contributed by atoms with Gasteiger partial charge in [-0.1, -0.05) is 6.07 Å². The first kappa shape index (κ1) is 46.8. The number of benzene rings is 2. The van der Waals surface area contributed by atoms with Crippen LogP contribution in [0.15, 0.2) is 30.3 Å². The molecule has 2 aromatic rings. The van der Waals surface area contributed by atoms with Crippen LogP contribution in [0.4, 0.5) is 10.5 Å². The molecular weight excluding hydrogens is 728 g/mol. The van der Waals surface area contributed by atoms with Crippen molar-refractivity contribution < 1.29 is 62.7 Å². The zero-order valence-electron chi connectivity index (χ0n) is 34.6. The Labute approximate surface area is 328 Å². The minimum Gasteiger partial charge on any atom is -0.504 e. The topological polar surface area (TPSA) is 213 Å². The molecule has 4 N–H and O–H groups in total. The summed E-state index contributed by atoms with van der Waals surface area (Å²) in [6, 6.07) is 5.50. The molecule has 0 fully saturated rings. The number of ether oxygens (including phenoxy) is 5. The van der Waals surface area contributed by atoms with Gasteiger partial charge in [-0.05, 0) is 138 Å². The SMILES string of the molecule is CC(C)(C)OC(=O)CCc1ccc(O)c(OCCCc2cc(NC(=O)OC(C)(C)C)ccc2C(=O)O)c1C(=O)NC(CC(=O)OC(C)(C)C)C(=O)OC(C)(C)C. The lowest BCUT2D eigenvalue weighted by Crippen LogP contribution is -2.46. The van der Waals surface area contributed by atoms with E-state index in [1.807, 2.05) is 0 Å². The number of carbonyl (C=O) groups excluding carboxylic acids is 5. The lowest BCUT2D eigenvalue weighted by Gasteiger charge is -2.26. The molecule has 15 heteroatoms. The summed E-state index contributed by atoms with van der Waals surface area (Å²) in [4.78, 5) is 77.4. The molecule has 0 saturated carbocycles. The molecule has 15 nitrogen and oxygen atoms in total. The Balaban J connectivity index is 2.48. The molecule has 0 spiro atoms. The smallest absolute Gasteiger partial charge is 0.412 e. The fraction of sp³-hybridized carbons (Fsp3) is 0.561. The van der Waals surface area contributed by atoms with Crippen LogP contribution in [0.25, 0.3) is 0 Å². The molecule has 0 bridgehead atoms. The van der Waals surface area contributed by atoms with Gasteiger partial charge in [0, 0.05) is 12.1 Å². The van der Waals surface area contributed by atoms with Gasteiger partial charge < -0.3 is 39.2 Å². The number of hydrogen-bond acceptors (Lipinski definition) is 12. The Morgan fingerprint density at radius 3 is 1.82 bits per heavy atom. The van der Waals surface area contributed by atoms with Gasteiger partial charge in [-0.25, -0.2) is 14.4 Å².